The van der Waals surface area contributed by atoms with Crippen LogP contribution < -0.4 is 9.74 Å². The van der Waals surface area contributed by atoms with Crippen LogP contribution in [0.4, 0.5) is 5.82 Å². The Kier molecular flexibility index (Phi) is 5.86. The van der Waals surface area contributed by atoms with E-state index < -0.39 is 0 Å². The number of carbonyl (C=O) groups excluding carboxylic acids is 2. The van der Waals surface area contributed by atoms with Gasteiger partial charge >= 0.3 is 0 Å². The molecule has 0 spiro atoms. The summed E-state index contributed by atoms with van der Waals surface area (Å²) in [7, 11) is 0. The van der Waals surface area contributed by atoms with E-state index in [2.05, 4.69) is 25.2 Å². The van der Waals surface area contributed by atoms with Crippen LogP contribution in [-0.4, -0.2) is 74.5 Å². The Morgan fingerprint density at radius 2 is 1.94 bits per heavy atom. The first-order chi connectivity index (χ1) is 16.1. The maximum absolute atomic E-state index is 12.7. The number of carbonyl (C=O) groups is 2. The molecule has 1 amide bonds. The Labute approximate surface area is 193 Å². The van der Waals surface area contributed by atoms with E-state index in [1.54, 1.807) is 6.92 Å². The molecule has 3 aromatic heterocycles. The lowest BCUT2D eigenvalue weighted by atomic mass is 10.2. The van der Waals surface area contributed by atoms with Gasteiger partial charge in [-0.3, -0.25) is 9.59 Å². The van der Waals surface area contributed by atoms with Gasteiger partial charge in [0.1, 0.15) is 34.6 Å². The normalized spacial score (nSPS) is 14.2. The van der Waals surface area contributed by atoms with Crippen molar-refractivity contribution < 1.29 is 14.4 Å². The van der Waals surface area contributed by atoms with Gasteiger partial charge < -0.3 is 14.6 Å². The molecule has 170 valence electrons. The van der Waals surface area contributed by atoms with E-state index in [1.807, 2.05) is 35.2 Å². The van der Waals surface area contributed by atoms with Crippen LogP contribution in [-0.2, 0) is 4.79 Å². The predicted octanol–water partition coefficient (Wildman–Crippen LogP) is 2.20. The highest BCUT2D eigenvalue weighted by atomic mass is 32.1. The quantitative estimate of drug-likeness (QED) is 0.302. The van der Waals surface area contributed by atoms with Gasteiger partial charge in [-0.25, -0.2) is 9.97 Å². The number of anilines is 1. The van der Waals surface area contributed by atoms with Crippen LogP contribution >= 0.6 is 11.3 Å². The number of para-hydroxylation sites is 1. The molecule has 0 unspecified atom stereocenters. The van der Waals surface area contributed by atoms with Crippen molar-refractivity contribution in [3.05, 3.63) is 41.5 Å². The lowest BCUT2D eigenvalue weighted by Crippen LogP contribution is -2.49. The van der Waals surface area contributed by atoms with E-state index in [9.17, 15) is 9.59 Å². The minimum Gasteiger partial charge on any atom is -0.395 e. The smallest absolute Gasteiger partial charge is 0.222 e. The highest BCUT2D eigenvalue weighted by molar-refractivity contribution is 7.20. The summed E-state index contributed by atoms with van der Waals surface area (Å²) >= 11 is 1.39. The Balaban J connectivity index is 1.12. The first-order valence-corrected chi connectivity index (χ1v) is 11.6. The van der Waals surface area contributed by atoms with Crippen molar-refractivity contribution in [1.29, 1.82) is 0 Å². The number of hydrogen-bond donors (Lipinski definition) is 0. The number of aromatic nitrogens is 5. The number of Topliss-reactive ketones (excluding diaryl/α,β-unsaturated/α-hetero) is 1. The fourth-order valence-corrected chi connectivity index (χ4v) is 4.80. The summed E-state index contributed by atoms with van der Waals surface area (Å²) in [5, 5.41) is 8.93. The maximum Gasteiger partial charge on any atom is 0.222 e. The molecule has 1 aliphatic rings. The largest absolute Gasteiger partial charge is 0.395 e. The Bertz CT molecular complexity index is 1310. The number of piperazine rings is 1. The summed E-state index contributed by atoms with van der Waals surface area (Å²) in [5.41, 5.74) is 1.58. The summed E-state index contributed by atoms with van der Waals surface area (Å²) in [6.45, 7) is 4.57. The molecule has 0 atom stereocenters. The number of thiophene rings is 1. The van der Waals surface area contributed by atoms with Crippen molar-refractivity contribution >= 4 is 50.1 Å². The lowest BCUT2D eigenvalue weighted by Gasteiger charge is -2.35. The average Bonchev–Trinajstić information content (AvgIpc) is 3.46. The minimum atomic E-state index is 0.0281. The summed E-state index contributed by atoms with van der Waals surface area (Å²) in [5.74, 6) is 0.966. The molecule has 1 aromatic carbocycles. The zero-order valence-electron chi connectivity index (χ0n) is 18.2. The molecule has 11 heteroatoms. The minimum absolute atomic E-state index is 0.0281. The molecule has 5 rings (SSSR count). The number of fused-ring (bicyclic) bond motifs is 2. The Morgan fingerprint density at radius 3 is 2.76 bits per heavy atom. The third kappa shape index (κ3) is 4.36. The van der Waals surface area contributed by atoms with Gasteiger partial charge in [-0.05, 0) is 36.8 Å². The fraction of sp³-hybridized carbons (Fsp3) is 0.364. The van der Waals surface area contributed by atoms with Gasteiger partial charge in [-0.15, -0.1) is 16.4 Å². The number of nitrogens with zero attached hydrogens (tertiary/aromatic N) is 7. The maximum atomic E-state index is 12.7. The van der Waals surface area contributed by atoms with Crippen LogP contribution in [0.15, 0.2) is 36.7 Å². The molecule has 0 aliphatic carbocycles. The van der Waals surface area contributed by atoms with Crippen molar-refractivity contribution in [2.75, 3.05) is 37.7 Å². The summed E-state index contributed by atoms with van der Waals surface area (Å²) in [6, 6.07) is 9.44. The monoisotopic (exact) mass is 465 g/mol. The number of rotatable bonds is 7. The summed E-state index contributed by atoms with van der Waals surface area (Å²) < 4.78 is 0. The number of benzene rings is 1. The van der Waals surface area contributed by atoms with E-state index in [-0.39, 0.29) is 11.7 Å². The molecule has 4 heterocycles. The van der Waals surface area contributed by atoms with E-state index in [0.29, 0.717) is 50.5 Å². The van der Waals surface area contributed by atoms with E-state index in [0.717, 1.165) is 27.1 Å². The molecule has 0 bridgehead atoms. The van der Waals surface area contributed by atoms with Crippen LogP contribution in [0.2, 0.25) is 0 Å². The average molecular weight is 466 g/mol. The third-order valence-corrected chi connectivity index (χ3v) is 6.80. The molecule has 0 saturated carbocycles. The Hall–Kier alpha value is -3.60. The third-order valence-electron chi connectivity index (χ3n) is 5.66. The predicted molar refractivity (Wildman–Crippen MR) is 124 cm³/mol. The molecular weight excluding hydrogens is 442 g/mol. The molecule has 0 radical (unpaired) electrons. The molecule has 0 N–H and O–H groups in total. The van der Waals surface area contributed by atoms with E-state index in [1.165, 1.54) is 22.5 Å². The van der Waals surface area contributed by atoms with Crippen LogP contribution in [0.1, 0.15) is 29.4 Å². The topological polar surface area (TPSA) is 106 Å². The second-order valence-electron chi connectivity index (χ2n) is 7.84. The van der Waals surface area contributed by atoms with Gasteiger partial charge in [0.2, 0.25) is 5.91 Å². The summed E-state index contributed by atoms with van der Waals surface area (Å²) in [4.78, 5) is 45.8. The molecule has 1 fully saturated rings. The number of amides is 1. The van der Waals surface area contributed by atoms with Crippen LogP contribution in [0.5, 0.6) is 0 Å². The van der Waals surface area contributed by atoms with Gasteiger partial charge in [0, 0.05) is 32.6 Å². The molecule has 1 saturated heterocycles. The van der Waals surface area contributed by atoms with Crippen LogP contribution in [0.25, 0.3) is 21.3 Å². The fourth-order valence-electron chi connectivity index (χ4n) is 3.91. The molecular formula is C22H23N7O3S. The molecule has 1 aliphatic heterocycles. The standard InChI is InChI=1S/C22H23N7O3S/c1-15(30)19-13-16-21(23-14-24-22(16)33-19)28-10-8-27(9-11-28)20(31)7-4-12-32-29-18-6-3-2-5-17(18)25-26-29/h2-3,5-6,13-14H,4,7-12H2,1H3. The molecule has 10 nitrogen and oxygen atoms in total. The van der Waals surface area contributed by atoms with Crippen molar-refractivity contribution in [3.63, 3.8) is 0 Å². The molecule has 4 aromatic rings. The zero-order chi connectivity index (χ0) is 22.8. The second-order valence-corrected chi connectivity index (χ2v) is 8.87. The van der Waals surface area contributed by atoms with Crippen molar-refractivity contribution in [2.24, 2.45) is 0 Å². The highest BCUT2D eigenvalue weighted by Gasteiger charge is 2.24. The van der Waals surface area contributed by atoms with Crippen LogP contribution in [0, 0.1) is 0 Å². The van der Waals surface area contributed by atoms with Crippen molar-refractivity contribution in [2.45, 2.75) is 19.8 Å². The number of ketones is 1. The van der Waals surface area contributed by atoms with Crippen LogP contribution in [0.3, 0.4) is 0 Å². The van der Waals surface area contributed by atoms with Crippen molar-refractivity contribution in [1.82, 2.24) is 30.0 Å². The first-order valence-electron chi connectivity index (χ1n) is 10.8. The second kappa shape index (κ2) is 9.10. The summed E-state index contributed by atoms with van der Waals surface area (Å²) in [6.07, 6.45) is 2.55. The van der Waals surface area contributed by atoms with Gasteiger partial charge in [0.25, 0.3) is 0 Å². The first kappa shape index (κ1) is 21.3. The zero-order valence-corrected chi connectivity index (χ0v) is 19.0. The number of hydrogen-bond acceptors (Lipinski definition) is 9. The Morgan fingerprint density at radius 1 is 1.12 bits per heavy atom. The molecule has 33 heavy (non-hydrogen) atoms. The van der Waals surface area contributed by atoms with Gasteiger partial charge in [-0.2, -0.15) is 0 Å². The van der Waals surface area contributed by atoms with Crippen molar-refractivity contribution in [3.8, 4) is 0 Å². The SMILES string of the molecule is CC(=O)c1cc2c(N3CCN(C(=O)CCCOn4nnc5ccccc54)CC3)ncnc2s1. The lowest BCUT2D eigenvalue weighted by molar-refractivity contribution is -0.131. The van der Waals surface area contributed by atoms with E-state index >= 15 is 0 Å². The van der Waals surface area contributed by atoms with Gasteiger partial charge in [-0.1, -0.05) is 17.0 Å². The highest BCUT2D eigenvalue weighted by Crippen LogP contribution is 2.31. The van der Waals surface area contributed by atoms with Gasteiger partial charge in [0.15, 0.2) is 5.78 Å². The van der Waals surface area contributed by atoms with Gasteiger partial charge in [0.05, 0.1) is 10.3 Å². The van der Waals surface area contributed by atoms with E-state index in [4.69, 9.17) is 4.84 Å².